The number of nitrogens with one attached hydrogen (secondary N) is 1. The first-order valence-corrected chi connectivity index (χ1v) is 6.09. The summed E-state index contributed by atoms with van der Waals surface area (Å²) in [7, 11) is 0. The van der Waals surface area contributed by atoms with Crippen LogP contribution >= 0.6 is 15.9 Å². The van der Waals surface area contributed by atoms with E-state index in [4.69, 9.17) is 10.5 Å². The van der Waals surface area contributed by atoms with E-state index in [-0.39, 0.29) is 12.6 Å². The summed E-state index contributed by atoms with van der Waals surface area (Å²) in [4.78, 5) is 4.20. The molecule has 17 heavy (non-hydrogen) atoms. The molecule has 1 aromatic rings. The van der Waals surface area contributed by atoms with Crippen molar-refractivity contribution in [1.82, 2.24) is 5.48 Å². The average molecular weight is 296 g/mol. The molecule has 2 N–H and O–H groups in total. The Kier molecular flexibility index (Phi) is 5.84. The lowest BCUT2D eigenvalue weighted by molar-refractivity contribution is 0.148. The van der Waals surface area contributed by atoms with Gasteiger partial charge >= 0.3 is 0 Å². The summed E-state index contributed by atoms with van der Waals surface area (Å²) in [5.74, 6) is 0. The molecule has 90 valence electrons. The minimum atomic E-state index is -0.260. The molecule has 0 bridgehead atoms. The number of rotatable bonds is 5. The van der Waals surface area contributed by atoms with E-state index in [1.165, 1.54) is 0 Å². The SMILES string of the molecule is CCC(NO)C(=NCC#N)c1ccc(Br)cc1. The Morgan fingerprint density at radius 2 is 2.18 bits per heavy atom. The Morgan fingerprint density at radius 3 is 2.65 bits per heavy atom. The molecule has 0 aliphatic carbocycles. The lowest BCUT2D eigenvalue weighted by Gasteiger charge is -2.16. The van der Waals surface area contributed by atoms with Crippen LogP contribution in [0.4, 0.5) is 0 Å². The fourth-order valence-corrected chi connectivity index (χ4v) is 1.75. The molecule has 1 aromatic carbocycles. The zero-order chi connectivity index (χ0) is 12.7. The number of hydroxylamine groups is 1. The van der Waals surface area contributed by atoms with Gasteiger partial charge in [0.15, 0.2) is 0 Å². The summed E-state index contributed by atoms with van der Waals surface area (Å²) in [6.07, 6.45) is 0.691. The van der Waals surface area contributed by atoms with E-state index >= 15 is 0 Å². The molecule has 0 saturated heterocycles. The fourth-order valence-electron chi connectivity index (χ4n) is 1.49. The molecule has 0 fully saturated rings. The Morgan fingerprint density at radius 1 is 1.53 bits per heavy atom. The maximum atomic E-state index is 9.09. The molecular formula is C12H14BrN3O. The molecule has 0 heterocycles. The van der Waals surface area contributed by atoms with Gasteiger partial charge in [-0.1, -0.05) is 35.0 Å². The second-order valence-corrected chi connectivity index (χ2v) is 4.37. The second-order valence-electron chi connectivity index (χ2n) is 3.46. The van der Waals surface area contributed by atoms with Gasteiger partial charge in [-0.15, -0.1) is 0 Å². The van der Waals surface area contributed by atoms with E-state index in [1.54, 1.807) is 0 Å². The average Bonchev–Trinajstić information content (AvgIpc) is 2.36. The van der Waals surface area contributed by atoms with Crippen LogP contribution in [-0.4, -0.2) is 23.5 Å². The van der Waals surface area contributed by atoms with Gasteiger partial charge in [0.2, 0.25) is 0 Å². The molecule has 0 aliphatic rings. The summed E-state index contributed by atoms with van der Waals surface area (Å²) >= 11 is 3.36. The number of benzene rings is 1. The van der Waals surface area contributed by atoms with Crippen LogP contribution in [0.5, 0.6) is 0 Å². The van der Waals surface area contributed by atoms with Crippen LogP contribution in [0.15, 0.2) is 33.7 Å². The van der Waals surface area contributed by atoms with Crippen LogP contribution in [0.1, 0.15) is 18.9 Å². The van der Waals surface area contributed by atoms with Crippen molar-refractivity contribution in [3.63, 3.8) is 0 Å². The van der Waals surface area contributed by atoms with Gasteiger partial charge < -0.3 is 5.21 Å². The monoisotopic (exact) mass is 295 g/mol. The third-order valence-electron chi connectivity index (χ3n) is 2.35. The Hall–Kier alpha value is -1.22. The summed E-state index contributed by atoms with van der Waals surface area (Å²) in [6.45, 7) is 2.03. The second kappa shape index (κ2) is 7.17. The molecular weight excluding hydrogens is 282 g/mol. The highest BCUT2D eigenvalue weighted by Gasteiger charge is 2.14. The molecule has 4 nitrogen and oxygen atoms in total. The van der Waals surface area contributed by atoms with Gasteiger partial charge in [-0.05, 0) is 24.1 Å². The predicted octanol–water partition coefficient (Wildman–Crippen LogP) is 2.52. The molecule has 0 spiro atoms. The smallest absolute Gasteiger partial charge is 0.126 e. The first kappa shape index (κ1) is 13.8. The van der Waals surface area contributed by atoms with Gasteiger partial charge in [-0.25, -0.2) is 0 Å². The predicted molar refractivity (Wildman–Crippen MR) is 70.2 cm³/mol. The van der Waals surface area contributed by atoms with Crippen LogP contribution < -0.4 is 5.48 Å². The van der Waals surface area contributed by atoms with E-state index in [0.29, 0.717) is 12.1 Å². The summed E-state index contributed by atoms with van der Waals surface area (Å²) in [5.41, 5.74) is 3.82. The van der Waals surface area contributed by atoms with Gasteiger partial charge in [0.05, 0.1) is 17.8 Å². The summed E-state index contributed by atoms with van der Waals surface area (Å²) < 4.78 is 0.978. The van der Waals surface area contributed by atoms with Crippen molar-refractivity contribution in [3.05, 3.63) is 34.3 Å². The molecule has 0 aliphatic heterocycles. The molecule has 1 unspecified atom stereocenters. The highest BCUT2D eigenvalue weighted by Crippen LogP contribution is 2.13. The van der Waals surface area contributed by atoms with Crippen molar-refractivity contribution in [3.8, 4) is 6.07 Å². The number of nitriles is 1. The topological polar surface area (TPSA) is 68.4 Å². The van der Waals surface area contributed by atoms with Crippen molar-refractivity contribution in [2.75, 3.05) is 6.54 Å². The fraction of sp³-hybridized carbons (Fsp3) is 0.333. The minimum absolute atomic E-state index is 0.0869. The third-order valence-corrected chi connectivity index (χ3v) is 2.88. The third kappa shape index (κ3) is 3.93. The van der Waals surface area contributed by atoms with Crippen LogP contribution in [0.2, 0.25) is 0 Å². The standard InChI is InChI=1S/C12H14BrN3O/c1-2-11(16-17)12(15-8-7-14)9-3-5-10(13)6-4-9/h3-6,11,16-17H,2,8H2,1H3. The van der Waals surface area contributed by atoms with Crippen molar-refractivity contribution in [1.29, 1.82) is 5.26 Å². The van der Waals surface area contributed by atoms with Crippen LogP contribution in [-0.2, 0) is 0 Å². The zero-order valence-corrected chi connectivity index (χ0v) is 11.1. The first-order valence-electron chi connectivity index (χ1n) is 5.29. The van der Waals surface area contributed by atoms with Crippen molar-refractivity contribution >= 4 is 21.6 Å². The lowest BCUT2D eigenvalue weighted by Crippen LogP contribution is -2.34. The summed E-state index contributed by atoms with van der Waals surface area (Å²) in [5, 5.41) is 17.7. The van der Waals surface area contributed by atoms with Crippen LogP contribution in [0.3, 0.4) is 0 Å². The van der Waals surface area contributed by atoms with E-state index in [1.807, 2.05) is 37.3 Å². The van der Waals surface area contributed by atoms with E-state index in [9.17, 15) is 0 Å². The molecule has 0 saturated carbocycles. The lowest BCUT2D eigenvalue weighted by atomic mass is 10.0. The number of halogens is 1. The van der Waals surface area contributed by atoms with Gasteiger partial charge in [-0.2, -0.15) is 10.7 Å². The zero-order valence-electron chi connectivity index (χ0n) is 9.52. The van der Waals surface area contributed by atoms with Crippen molar-refractivity contribution in [2.45, 2.75) is 19.4 Å². The van der Waals surface area contributed by atoms with Crippen molar-refractivity contribution in [2.24, 2.45) is 4.99 Å². The van der Waals surface area contributed by atoms with Gasteiger partial charge in [0.25, 0.3) is 0 Å². The number of nitrogens with zero attached hydrogens (tertiary/aromatic N) is 2. The number of hydrogen-bond donors (Lipinski definition) is 2. The Bertz CT molecular complexity index is 418. The van der Waals surface area contributed by atoms with Crippen molar-refractivity contribution < 1.29 is 5.21 Å². The maximum absolute atomic E-state index is 9.09. The highest BCUT2D eigenvalue weighted by atomic mass is 79.9. The molecule has 1 rings (SSSR count). The van der Waals surface area contributed by atoms with Gasteiger partial charge in [0.1, 0.15) is 6.54 Å². The van der Waals surface area contributed by atoms with Crippen LogP contribution in [0.25, 0.3) is 0 Å². The maximum Gasteiger partial charge on any atom is 0.126 e. The minimum Gasteiger partial charge on any atom is -0.316 e. The highest BCUT2D eigenvalue weighted by molar-refractivity contribution is 9.10. The molecule has 1 atom stereocenters. The largest absolute Gasteiger partial charge is 0.316 e. The normalized spacial score (nSPS) is 13.2. The number of hydrogen-bond acceptors (Lipinski definition) is 4. The Balaban J connectivity index is 3.06. The Labute approximate surface area is 109 Å². The van der Waals surface area contributed by atoms with E-state index in [0.717, 1.165) is 10.0 Å². The molecule has 0 amide bonds. The molecule has 5 heteroatoms. The van der Waals surface area contributed by atoms with Gasteiger partial charge in [-0.3, -0.25) is 4.99 Å². The molecule has 0 radical (unpaired) electrons. The quantitative estimate of drug-likeness (QED) is 0.498. The van der Waals surface area contributed by atoms with E-state index in [2.05, 4.69) is 26.4 Å². The number of aliphatic imine (C=N–C) groups is 1. The first-order chi connectivity index (χ1) is 8.22. The van der Waals surface area contributed by atoms with Crippen LogP contribution in [0, 0.1) is 11.3 Å². The van der Waals surface area contributed by atoms with Gasteiger partial charge in [0, 0.05) is 4.47 Å². The van der Waals surface area contributed by atoms with E-state index < -0.39 is 0 Å². The molecule has 0 aromatic heterocycles. The summed E-state index contributed by atoms with van der Waals surface area (Å²) in [6, 6.07) is 9.33.